The Labute approximate surface area is 175 Å². The van der Waals surface area contributed by atoms with Gasteiger partial charge in [-0.3, -0.25) is 4.79 Å². The number of aromatic nitrogens is 4. The molecular weight excluding hydrogens is 446 g/mol. The Morgan fingerprint density at radius 2 is 2.00 bits per heavy atom. The highest BCUT2D eigenvalue weighted by molar-refractivity contribution is 6.33. The summed E-state index contributed by atoms with van der Waals surface area (Å²) in [5.41, 5.74) is -1.73. The molecule has 0 unspecified atom stereocenters. The van der Waals surface area contributed by atoms with E-state index in [1.165, 1.54) is 6.20 Å². The number of halogens is 5. The maximum Gasteiger partial charge on any atom is 0.420 e. The molecule has 0 bridgehead atoms. The molecule has 1 aromatic carbocycles. The van der Waals surface area contributed by atoms with Crippen molar-refractivity contribution >= 4 is 17.3 Å². The lowest BCUT2D eigenvalue weighted by atomic mass is 10.1. The van der Waals surface area contributed by atoms with E-state index in [0.717, 1.165) is 12.1 Å². The first-order chi connectivity index (χ1) is 14.6. The Hall–Kier alpha value is -3.41. The topological polar surface area (TPSA) is 104 Å². The molecule has 0 fully saturated rings. The first-order valence-electron chi connectivity index (χ1n) is 8.78. The number of benzene rings is 1. The summed E-state index contributed by atoms with van der Waals surface area (Å²) >= 11 is 6.02. The molecular formula is C18H12ClF4N5O3. The zero-order valence-corrected chi connectivity index (χ0v) is 16.1. The Bertz CT molecular complexity index is 1270. The molecule has 13 heteroatoms. The zero-order chi connectivity index (χ0) is 22.3. The van der Waals surface area contributed by atoms with Crippen LogP contribution in [0.2, 0.25) is 5.02 Å². The molecule has 2 N–H and O–H groups in total. The van der Waals surface area contributed by atoms with Crippen molar-refractivity contribution in [3.63, 3.8) is 0 Å². The molecule has 162 valence electrons. The van der Waals surface area contributed by atoms with Crippen molar-refractivity contribution in [2.75, 3.05) is 11.4 Å². The Morgan fingerprint density at radius 3 is 2.74 bits per heavy atom. The lowest BCUT2D eigenvalue weighted by molar-refractivity contribution is -0.138. The van der Waals surface area contributed by atoms with Gasteiger partial charge in [0.15, 0.2) is 0 Å². The van der Waals surface area contributed by atoms with E-state index < -0.39 is 34.6 Å². The van der Waals surface area contributed by atoms with E-state index in [0.29, 0.717) is 23.0 Å². The van der Waals surface area contributed by atoms with Gasteiger partial charge in [0.25, 0.3) is 5.56 Å². The first kappa shape index (κ1) is 20.8. The SMILES string of the molecule is O=c1nc(Oc2ccc(F)cc2C(F)(F)F)c2c([nH]1)CN(c1cn[nH]c(=O)c1Cl)CC2. The summed E-state index contributed by atoms with van der Waals surface area (Å²) in [5.74, 6) is -2.08. The highest BCUT2D eigenvalue weighted by Gasteiger charge is 2.36. The van der Waals surface area contributed by atoms with Crippen LogP contribution in [-0.4, -0.2) is 26.7 Å². The van der Waals surface area contributed by atoms with Crippen molar-refractivity contribution < 1.29 is 22.3 Å². The number of alkyl halides is 3. The molecule has 0 aliphatic carbocycles. The van der Waals surface area contributed by atoms with Gasteiger partial charge in [-0.2, -0.15) is 23.3 Å². The summed E-state index contributed by atoms with van der Waals surface area (Å²) < 4.78 is 58.5. The van der Waals surface area contributed by atoms with Gasteiger partial charge in [-0.25, -0.2) is 14.3 Å². The van der Waals surface area contributed by atoms with Gasteiger partial charge in [-0.1, -0.05) is 11.6 Å². The van der Waals surface area contributed by atoms with E-state index in [1.54, 1.807) is 4.90 Å². The maximum atomic E-state index is 13.3. The molecule has 1 aliphatic rings. The normalized spacial score (nSPS) is 13.8. The standard InChI is InChI=1S/C18H12ClF4N5O3/c19-14-12(6-24-27-15(14)29)28-4-3-9-11(7-28)25-17(30)26-16(9)31-13-2-1-8(20)5-10(13)18(21,22)23/h1-2,5-6H,3-4,7H2,(H,27,29)(H,25,26,30). The van der Waals surface area contributed by atoms with E-state index in [2.05, 4.69) is 20.2 Å². The van der Waals surface area contributed by atoms with Gasteiger partial charge >= 0.3 is 11.9 Å². The van der Waals surface area contributed by atoms with Gasteiger partial charge < -0.3 is 14.6 Å². The minimum Gasteiger partial charge on any atom is -0.438 e. The van der Waals surface area contributed by atoms with Crippen molar-refractivity contribution in [2.24, 2.45) is 0 Å². The minimum absolute atomic E-state index is 0.0733. The Morgan fingerprint density at radius 1 is 1.23 bits per heavy atom. The van der Waals surface area contributed by atoms with Gasteiger partial charge in [-0.15, -0.1) is 0 Å². The van der Waals surface area contributed by atoms with E-state index in [4.69, 9.17) is 16.3 Å². The predicted octanol–water partition coefficient (Wildman–Crippen LogP) is 3.02. The largest absolute Gasteiger partial charge is 0.438 e. The van der Waals surface area contributed by atoms with Crippen LogP contribution in [0.1, 0.15) is 16.8 Å². The highest BCUT2D eigenvalue weighted by Crippen LogP contribution is 2.39. The second-order valence-electron chi connectivity index (χ2n) is 6.61. The van der Waals surface area contributed by atoms with E-state index >= 15 is 0 Å². The smallest absolute Gasteiger partial charge is 0.420 e. The van der Waals surface area contributed by atoms with Crippen molar-refractivity contribution in [1.29, 1.82) is 0 Å². The van der Waals surface area contributed by atoms with Crippen molar-refractivity contribution in [3.05, 3.63) is 72.9 Å². The van der Waals surface area contributed by atoms with Crippen LogP contribution in [0.15, 0.2) is 34.0 Å². The number of hydrogen-bond donors (Lipinski definition) is 2. The van der Waals surface area contributed by atoms with Gasteiger partial charge in [0.05, 0.1) is 18.4 Å². The Kier molecular flexibility index (Phi) is 5.17. The Balaban J connectivity index is 1.72. The van der Waals surface area contributed by atoms with E-state index in [-0.39, 0.29) is 30.4 Å². The molecule has 3 heterocycles. The molecule has 2 aromatic heterocycles. The molecule has 8 nitrogen and oxygen atoms in total. The monoisotopic (exact) mass is 457 g/mol. The second kappa shape index (κ2) is 7.69. The van der Waals surface area contributed by atoms with E-state index in [9.17, 15) is 27.2 Å². The van der Waals surface area contributed by atoms with Crippen LogP contribution in [-0.2, 0) is 19.1 Å². The summed E-state index contributed by atoms with van der Waals surface area (Å²) in [4.78, 5) is 31.5. The summed E-state index contributed by atoms with van der Waals surface area (Å²) in [6, 6.07) is 1.94. The molecule has 1 aliphatic heterocycles. The fourth-order valence-electron chi connectivity index (χ4n) is 3.23. The number of anilines is 1. The lowest BCUT2D eigenvalue weighted by Gasteiger charge is -2.30. The number of rotatable bonds is 3. The third kappa shape index (κ3) is 4.10. The van der Waals surface area contributed by atoms with Crippen LogP contribution in [0.25, 0.3) is 0 Å². The van der Waals surface area contributed by atoms with Gasteiger partial charge in [0.2, 0.25) is 5.88 Å². The third-order valence-electron chi connectivity index (χ3n) is 4.64. The highest BCUT2D eigenvalue weighted by atomic mass is 35.5. The fraction of sp³-hybridized carbons (Fsp3) is 0.222. The van der Waals surface area contributed by atoms with Crippen LogP contribution < -0.4 is 20.9 Å². The molecule has 0 atom stereocenters. The molecule has 0 saturated heterocycles. The molecule has 0 amide bonds. The van der Waals surface area contributed by atoms with E-state index in [1.807, 2.05) is 0 Å². The summed E-state index contributed by atoms with van der Waals surface area (Å²) in [6.07, 6.45) is -3.32. The molecule has 0 saturated carbocycles. The predicted molar refractivity (Wildman–Crippen MR) is 101 cm³/mol. The van der Waals surface area contributed by atoms with Gasteiger partial charge in [0.1, 0.15) is 22.2 Å². The molecule has 0 radical (unpaired) electrons. The number of nitrogens with one attached hydrogen (secondary N) is 2. The number of ether oxygens (including phenoxy) is 1. The van der Waals surface area contributed by atoms with Crippen LogP contribution in [0.5, 0.6) is 11.6 Å². The number of hydrogen-bond acceptors (Lipinski definition) is 6. The van der Waals surface area contributed by atoms with Crippen LogP contribution >= 0.6 is 11.6 Å². The number of H-pyrrole nitrogens is 2. The summed E-state index contributed by atoms with van der Waals surface area (Å²) in [5, 5.41) is 5.80. The molecule has 3 aromatic rings. The first-order valence-corrected chi connectivity index (χ1v) is 9.16. The maximum absolute atomic E-state index is 13.3. The minimum atomic E-state index is -4.88. The van der Waals surface area contributed by atoms with Crippen molar-refractivity contribution in [2.45, 2.75) is 19.1 Å². The summed E-state index contributed by atoms with van der Waals surface area (Å²) in [6.45, 7) is 0.362. The second-order valence-corrected chi connectivity index (χ2v) is 6.99. The van der Waals surface area contributed by atoms with Crippen LogP contribution in [0.3, 0.4) is 0 Å². The molecule has 31 heavy (non-hydrogen) atoms. The van der Waals surface area contributed by atoms with Gasteiger partial charge in [-0.05, 0) is 24.6 Å². The molecule has 4 rings (SSSR count). The fourth-order valence-corrected chi connectivity index (χ4v) is 3.44. The average molecular weight is 458 g/mol. The lowest BCUT2D eigenvalue weighted by Crippen LogP contribution is -2.34. The quantitative estimate of drug-likeness (QED) is 0.586. The van der Waals surface area contributed by atoms with Gasteiger partial charge in [0, 0.05) is 17.8 Å². The van der Waals surface area contributed by atoms with Crippen LogP contribution in [0.4, 0.5) is 23.2 Å². The number of nitrogens with zero attached hydrogens (tertiary/aromatic N) is 3. The number of fused-ring (bicyclic) bond motifs is 1. The molecule has 0 spiro atoms. The number of aromatic amines is 2. The zero-order valence-electron chi connectivity index (χ0n) is 15.4. The summed E-state index contributed by atoms with van der Waals surface area (Å²) in [7, 11) is 0. The van der Waals surface area contributed by atoms with Crippen LogP contribution in [0, 0.1) is 5.82 Å². The van der Waals surface area contributed by atoms with Crippen molar-refractivity contribution in [1.82, 2.24) is 20.2 Å². The average Bonchev–Trinajstić information content (AvgIpc) is 2.70. The third-order valence-corrected chi connectivity index (χ3v) is 5.00. The van der Waals surface area contributed by atoms with Crippen molar-refractivity contribution in [3.8, 4) is 11.6 Å².